The summed E-state index contributed by atoms with van der Waals surface area (Å²) in [5, 5.41) is 12.9. The quantitative estimate of drug-likeness (QED) is 0.781. The number of piperidine rings is 1. The number of likely N-dealkylation sites (N-methyl/N-ethyl adjacent to an activating group) is 1. The summed E-state index contributed by atoms with van der Waals surface area (Å²) < 4.78 is 0. The fourth-order valence-electron chi connectivity index (χ4n) is 3.20. The van der Waals surface area contributed by atoms with Crippen molar-refractivity contribution in [1.82, 2.24) is 15.1 Å². The highest BCUT2D eigenvalue weighted by Gasteiger charge is 2.31. The number of rotatable bonds is 6. The number of hydrogen-bond acceptors (Lipinski definition) is 3. The number of hydrogen-bond donors (Lipinski definition) is 2. The summed E-state index contributed by atoms with van der Waals surface area (Å²) in [7, 11) is 1.76. The van der Waals surface area contributed by atoms with Crippen LogP contribution in [-0.4, -0.2) is 66.3 Å². The SMILES string of the molecule is CC1CCCN(CC(C)NC(=O)N(C)CC(O)C2CC2)C1. The highest BCUT2D eigenvalue weighted by molar-refractivity contribution is 5.74. The fourth-order valence-corrected chi connectivity index (χ4v) is 3.20. The number of nitrogens with zero attached hydrogens (tertiary/aromatic N) is 2. The Bertz CT molecular complexity index is 346. The third-order valence-electron chi connectivity index (χ3n) is 4.62. The first kappa shape index (κ1) is 16.6. The van der Waals surface area contributed by atoms with Gasteiger partial charge < -0.3 is 20.2 Å². The summed E-state index contributed by atoms with van der Waals surface area (Å²) in [4.78, 5) is 16.2. The summed E-state index contributed by atoms with van der Waals surface area (Å²) in [5.41, 5.74) is 0. The molecule has 0 aromatic heterocycles. The van der Waals surface area contributed by atoms with Crippen LogP contribution in [0, 0.1) is 11.8 Å². The third-order valence-corrected chi connectivity index (χ3v) is 4.62. The van der Waals surface area contributed by atoms with Gasteiger partial charge in [-0.25, -0.2) is 4.79 Å². The highest BCUT2D eigenvalue weighted by atomic mass is 16.3. The number of carbonyl (C=O) groups is 1. The number of aliphatic hydroxyl groups excluding tert-OH is 1. The van der Waals surface area contributed by atoms with Crippen LogP contribution < -0.4 is 5.32 Å². The molecule has 1 aliphatic carbocycles. The van der Waals surface area contributed by atoms with E-state index >= 15 is 0 Å². The number of aliphatic hydroxyl groups is 1. The minimum atomic E-state index is -0.362. The molecule has 1 aliphatic heterocycles. The molecule has 1 saturated carbocycles. The molecule has 0 radical (unpaired) electrons. The van der Waals surface area contributed by atoms with Crippen molar-refractivity contribution < 1.29 is 9.90 Å². The lowest BCUT2D eigenvalue weighted by atomic mass is 10.00. The molecule has 1 heterocycles. The third kappa shape index (κ3) is 5.47. The molecule has 0 aromatic carbocycles. The Labute approximate surface area is 128 Å². The number of urea groups is 1. The molecular formula is C16H31N3O2. The standard InChI is InChI=1S/C16H31N3O2/c1-12-5-4-8-19(9-12)10-13(2)17-16(21)18(3)11-15(20)14-6-7-14/h12-15,20H,4-11H2,1-3H3,(H,17,21). The lowest BCUT2D eigenvalue weighted by molar-refractivity contribution is 0.111. The molecule has 2 N–H and O–H groups in total. The van der Waals surface area contributed by atoms with Crippen LogP contribution >= 0.6 is 0 Å². The summed E-state index contributed by atoms with van der Waals surface area (Å²) in [5.74, 6) is 1.17. The molecule has 0 aromatic rings. The van der Waals surface area contributed by atoms with Gasteiger partial charge in [-0.2, -0.15) is 0 Å². The fraction of sp³-hybridized carbons (Fsp3) is 0.938. The Balaban J connectivity index is 1.68. The van der Waals surface area contributed by atoms with Gasteiger partial charge in [-0.3, -0.25) is 0 Å². The molecule has 0 spiro atoms. The summed E-state index contributed by atoms with van der Waals surface area (Å²) in [6, 6.07) is 0.0653. The van der Waals surface area contributed by atoms with Crippen molar-refractivity contribution in [3.63, 3.8) is 0 Å². The Hall–Kier alpha value is -0.810. The molecule has 3 unspecified atom stereocenters. The molecular weight excluding hydrogens is 266 g/mol. The minimum Gasteiger partial charge on any atom is -0.391 e. The Morgan fingerprint density at radius 3 is 2.76 bits per heavy atom. The van der Waals surface area contributed by atoms with Crippen LogP contribution in [0.4, 0.5) is 4.79 Å². The van der Waals surface area contributed by atoms with Crippen molar-refractivity contribution in [2.75, 3.05) is 33.2 Å². The molecule has 2 aliphatic rings. The van der Waals surface area contributed by atoms with Crippen LogP contribution in [0.15, 0.2) is 0 Å². The van der Waals surface area contributed by atoms with E-state index in [2.05, 4.69) is 24.1 Å². The van der Waals surface area contributed by atoms with E-state index < -0.39 is 0 Å². The van der Waals surface area contributed by atoms with Gasteiger partial charge in [0.2, 0.25) is 0 Å². The first-order chi connectivity index (χ1) is 9.95. The Morgan fingerprint density at radius 1 is 1.43 bits per heavy atom. The molecule has 3 atom stereocenters. The molecule has 1 saturated heterocycles. The summed E-state index contributed by atoms with van der Waals surface area (Å²) >= 11 is 0. The molecule has 2 rings (SSSR count). The summed E-state index contributed by atoms with van der Waals surface area (Å²) in [6.07, 6.45) is 4.41. The second-order valence-electron chi connectivity index (χ2n) is 7.14. The molecule has 21 heavy (non-hydrogen) atoms. The zero-order valence-corrected chi connectivity index (χ0v) is 13.7. The van der Waals surface area contributed by atoms with E-state index in [1.54, 1.807) is 11.9 Å². The topological polar surface area (TPSA) is 55.8 Å². The van der Waals surface area contributed by atoms with Crippen molar-refractivity contribution in [3.8, 4) is 0 Å². The van der Waals surface area contributed by atoms with Crippen molar-refractivity contribution >= 4 is 6.03 Å². The van der Waals surface area contributed by atoms with E-state index in [4.69, 9.17) is 0 Å². The predicted octanol–water partition coefficient (Wildman–Crippen LogP) is 1.52. The molecule has 2 amide bonds. The Morgan fingerprint density at radius 2 is 2.14 bits per heavy atom. The maximum absolute atomic E-state index is 12.1. The van der Waals surface area contributed by atoms with Crippen molar-refractivity contribution in [3.05, 3.63) is 0 Å². The lowest BCUT2D eigenvalue weighted by Gasteiger charge is -2.33. The maximum Gasteiger partial charge on any atom is 0.317 e. The van der Waals surface area contributed by atoms with Gasteiger partial charge in [0.25, 0.3) is 0 Å². The van der Waals surface area contributed by atoms with Crippen LogP contribution in [0.2, 0.25) is 0 Å². The van der Waals surface area contributed by atoms with Gasteiger partial charge in [-0.1, -0.05) is 6.92 Å². The van der Waals surface area contributed by atoms with Crippen LogP contribution in [0.1, 0.15) is 39.5 Å². The largest absolute Gasteiger partial charge is 0.391 e. The molecule has 122 valence electrons. The maximum atomic E-state index is 12.1. The van der Waals surface area contributed by atoms with Gasteiger partial charge in [0.05, 0.1) is 6.10 Å². The second-order valence-corrected chi connectivity index (χ2v) is 7.14. The van der Waals surface area contributed by atoms with Crippen LogP contribution in [0.5, 0.6) is 0 Å². The van der Waals surface area contributed by atoms with E-state index in [0.29, 0.717) is 12.5 Å². The molecule has 2 fully saturated rings. The molecule has 5 nitrogen and oxygen atoms in total. The zero-order chi connectivity index (χ0) is 15.4. The monoisotopic (exact) mass is 297 g/mol. The number of amides is 2. The average molecular weight is 297 g/mol. The van der Waals surface area contributed by atoms with Gasteiger partial charge >= 0.3 is 6.03 Å². The van der Waals surface area contributed by atoms with E-state index in [1.165, 1.54) is 12.8 Å². The van der Waals surface area contributed by atoms with Crippen LogP contribution in [-0.2, 0) is 0 Å². The van der Waals surface area contributed by atoms with Crippen molar-refractivity contribution in [2.45, 2.75) is 51.7 Å². The first-order valence-electron chi connectivity index (χ1n) is 8.37. The van der Waals surface area contributed by atoms with Crippen molar-refractivity contribution in [2.24, 2.45) is 11.8 Å². The summed E-state index contributed by atoms with van der Waals surface area (Å²) in [6.45, 7) is 7.97. The second kappa shape index (κ2) is 7.45. The molecule has 5 heteroatoms. The number of carbonyl (C=O) groups excluding carboxylic acids is 1. The zero-order valence-electron chi connectivity index (χ0n) is 13.7. The van der Waals surface area contributed by atoms with Gasteiger partial charge in [0.1, 0.15) is 0 Å². The van der Waals surface area contributed by atoms with Gasteiger partial charge in [-0.15, -0.1) is 0 Å². The van der Waals surface area contributed by atoms with Gasteiger partial charge in [0, 0.05) is 32.7 Å². The molecule has 0 bridgehead atoms. The normalized spacial score (nSPS) is 26.2. The Kier molecular flexibility index (Phi) is 5.88. The van der Waals surface area contributed by atoms with E-state index in [-0.39, 0.29) is 18.2 Å². The predicted molar refractivity (Wildman–Crippen MR) is 84.2 cm³/mol. The van der Waals surface area contributed by atoms with E-state index in [9.17, 15) is 9.90 Å². The van der Waals surface area contributed by atoms with Crippen molar-refractivity contribution in [1.29, 1.82) is 0 Å². The smallest absolute Gasteiger partial charge is 0.317 e. The minimum absolute atomic E-state index is 0.0766. The van der Waals surface area contributed by atoms with E-state index in [0.717, 1.165) is 38.4 Å². The highest BCUT2D eigenvalue weighted by Crippen LogP contribution is 2.32. The number of nitrogens with one attached hydrogen (secondary N) is 1. The van der Waals surface area contributed by atoms with Gasteiger partial charge in [0.15, 0.2) is 0 Å². The number of likely N-dealkylation sites (tertiary alicyclic amines) is 1. The van der Waals surface area contributed by atoms with Crippen LogP contribution in [0.3, 0.4) is 0 Å². The lowest BCUT2D eigenvalue weighted by Crippen LogP contribution is -2.49. The van der Waals surface area contributed by atoms with E-state index in [1.807, 2.05) is 0 Å². The van der Waals surface area contributed by atoms with Gasteiger partial charge in [-0.05, 0) is 51.0 Å². The first-order valence-corrected chi connectivity index (χ1v) is 8.37. The van der Waals surface area contributed by atoms with Crippen LogP contribution in [0.25, 0.3) is 0 Å². The average Bonchev–Trinajstić information content (AvgIpc) is 3.22.